The molecule has 114 valence electrons. The SMILES string of the molecule is CCN(CCO)Cc1csc(COc2ccc(F)cc2)n1. The Labute approximate surface area is 127 Å². The number of halogens is 1. The third-order valence-electron chi connectivity index (χ3n) is 3.02. The molecule has 1 aromatic heterocycles. The highest BCUT2D eigenvalue weighted by Crippen LogP contribution is 2.16. The molecule has 0 radical (unpaired) electrons. The smallest absolute Gasteiger partial charge is 0.140 e. The van der Waals surface area contributed by atoms with Gasteiger partial charge in [0.2, 0.25) is 0 Å². The summed E-state index contributed by atoms with van der Waals surface area (Å²) in [6.07, 6.45) is 0. The van der Waals surface area contributed by atoms with Crippen molar-refractivity contribution in [3.05, 3.63) is 46.2 Å². The predicted molar refractivity (Wildman–Crippen MR) is 80.9 cm³/mol. The second kappa shape index (κ2) is 8.07. The normalized spacial score (nSPS) is 11.0. The average Bonchev–Trinajstić information content (AvgIpc) is 2.94. The fourth-order valence-corrected chi connectivity index (χ4v) is 2.58. The molecule has 1 N–H and O–H groups in total. The quantitative estimate of drug-likeness (QED) is 0.814. The minimum absolute atomic E-state index is 0.151. The largest absolute Gasteiger partial charge is 0.486 e. The zero-order chi connectivity index (χ0) is 15.1. The van der Waals surface area contributed by atoms with Crippen LogP contribution in [0.5, 0.6) is 5.75 Å². The number of aliphatic hydroxyl groups excluding tert-OH is 1. The lowest BCUT2D eigenvalue weighted by Crippen LogP contribution is -2.26. The zero-order valence-corrected chi connectivity index (χ0v) is 12.8. The van der Waals surface area contributed by atoms with Gasteiger partial charge in [-0.1, -0.05) is 6.92 Å². The van der Waals surface area contributed by atoms with Gasteiger partial charge in [-0.15, -0.1) is 11.3 Å². The number of rotatable bonds is 8. The zero-order valence-electron chi connectivity index (χ0n) is 12.0. The average molecular weight is 310 g/mol. The number of hydrogen-bond acceptors (Lipinski definition) is 5. The van der Waals surface area contributed by atoms with Crippen molar-refractivity contribution in [3.63, 3.8) is 0 Å². The van der Waals surface area contributed by atoms with Crippen LogP contribution in [-0.4, -0.2) is 34.7 Å². The molecule has 4 nitrogen and oxygen atoms in total. The van der Waals surface area contributed by atoms with Gasteiger partial charge in [-0.2, -0.15) is 0 Å². The first-order valence-corrected chi connectivity index (χ1v) is 7.74. The maximum absolute atomic E-state index is 12.8. The molecule has 0 atom stereocenters. The van der Waals surface area contributed by atoms with Crippen LogP contribution in [0.25, 0.3) is 0 Å². The number of ether oxygens (including phenoxy) is 1. The van der Waals surface area contributed by atoms with E-state index in [1.807, 2.05) is 5.38 Å². The molecule has 0 bridgehead atoms. The first-order valence-electron chi connectivity index (χ1n) is 6.86. The predicted octanol–water partition coefficient (Wildman–Crippen LogP) is 2.68. The van der Waals surface area contributed by atoms with Gasteiger partial charge in [-0.3, -0.25) is 4.90 Å². The fraction of sp³-hybridized carbons (Fsp3) is 0.400. The lowest BCUT2D eigenvalue weighted by molar-refractivity contribution is 0.195. The molecule has 0 saturated heterocycles. The second-order valence-electron chi connectivity index (χ2n) is 4.57. The Morgan fingerprint density at radius 2 is 2.10 bits per heavy atom. The summed E-state index contributed by atoms with van der Waals surface area (Å²) in [6, 6.07) is 5.95. The van der Waals surface area contributed by atoms with Crippen LogP contribution in [0, 0.1) is 5.82 Å². The van der Waals surface area contributed by atoms with E-state index in [4.69, 9.17) is 9.84 Å². The summed E-state index contributed by atoms with van der Waals surface area (Å²) < 4.78 is 18.3. The lowest BCUT2D eigenvalue weighted by Gasteiger charge is -2.17. The van der Waals surface area contributed by atoms with Gasteiger partial charge >= 0.3 is 0 Å². The van der Waals surface area contributed by atoms with E-state index in [9.17, 15) is 4.39 Å². The number of aromatic nitrogens is 1. The summed E-state index contributed by atoms with van der Waals surface area (Å²) in [6.45, 7) is 4.83. The van der Waals surface area contributed by atoms with Gasteiger partial charge in [0.25, 0.3) is 0 Å². The topological polar surface area (TPSA) is 45.6 Å². The molecule has 0 aliphatic carbocycles. The Hall–Kier alpha value is -1.50. The van der Waals surface area contributed by atoms with Gasteiger partial charge in [-0.25, -0.2) is 9.37 Å². The standard InChI is InChI=1S/C15H19FN2O2S/c1-2-18(7-8-19)9-13-11-21-15(17-13)10-20-14-5-3-12(16)4-6-14/h3-6,11,19H,2,7-10H2,1H3. The summed E-state index contributed by atoms with van der Waals surface area (Å²) in [5.41, 5.74) is 0.980. The number of likely N-dealkylation sites (N-methyl/N-ethyl adjacent to an activating group) is 1. The van der Waals surface area contributed by atoms with Crippen LogP contribution in [0.1, 0.15) is 17.6 Å². The van der Waals surface area contributed by atoms with Crippen molar-refractivity contribution in [2.75, 3.05) is 19.7 Å². The van der Waals surface area contributed by atoms with Crippen molar-refractivity contribution in [2.24, 2.45) is 0 Å². The number of aliphatic hydroxyl groups is 1. The minimum atomic E-state index is -0.276. The molecule has 21 heavy (non-hydrogen) atoms. The lowest BCUT2D eigenvalue weighted by atomic mass is 10.3. The van der Waals surface area contributed by atoms with Crippen molar-refractivity contribution >= 4 is 11.3 Å². The summed E-state index contributed by atoms with van der Waals surface area (Å²) in [5.74, 6) is 0.353. The van der Waals surface area contributed by atoms with Crippen molar-refractivity contribution in [2.45, 2.75) is 20.1 Å². The van der Waals surface area contributed by atoms with Gasteiger partial charge in [0, 0.05) is 18.5 Å². The highest BCUT2D eigenvalue weighted by Gasteiger charge is 2.07. The van der Waals surface area contributed by atoms with Crippen LogP contribution in [0.2, 0.25) is 0 Å². The molecule has 1 aromatic carbocycles. The second-order valence-corrected chi connectivity index (χ2v) is 5.51. The van der Waals surface area contributed by atoms with E-state index in [-0.39, 0.29) is 12.4 Å². The highest BCUT2D eigenvalue weighted by atomic mass is 32.1. The number of benzene rings is 1. The van der Waals surface area contributed by atoms with E-state index in [1.54, 1.807) is 23.5 Å². The van der Waals surface area contributed by atoms with Crippen molar-refractivity contribution in [3.8, 4) is 5.75 Å². The third-order valence-corrected chi connectivity index (χ3v) is 3.90. The fourth-order valence-electron chi connectivity index (χ4n) is 1.88. The molecule has 6 heteroatoms. The van der Waals surface area contributed by atoms with Gasteiger partial charge in [0.05, 0.1) is 12.3 Å². The van der Waals surface area contributed by atoms with Crippen LogP contribution in [0.4, 0.5) is 4.39 Å². The van der Waals surface area contributed by atoms with Crippen molar-refractivity contribution < 1.29 is 14.2 Å². The van der Waals surface area contributed by atoms with E-state index in [0.717, 1.165) is 23.8 Å². The van der Waals surface area contributed by atoms with E-state index < -0.39 is 0 Å². The molecular formula is C15H19FN2O2S. The molecular weight excluding hydrogens is 291 g/mol. The Morgan fingerprint density at radius 1 is 1.33 bits per heavy atom. The Kier molecular flexibility index (Phi) is 6.10. The molecule has 0 fully saturated rings. The number of hydrogen-bond donors (Lipinski definition) is 1. The summed E-state index contributed by atoms with van der Waals surface area (Å²) in [4.78, 5) is 6.63. The first kappa shape index (κ1) is 15.9. The van der Waals surface area contributed by atoms with Crippen LogP contribution < -0.4 is 4.74 Å². The Bertz CT molecular complexity index is 545. The van der Waals surface area contributed by atoms with Crippen molar-refractivity contribution in [1.82, 2.24) is 9.88 Å². The molecule has 0 amide bonds. The minimum Gasteiger partial charge on any atom is -0.486 e. The van der Waals surface area contributed by atoms with Crippen LogP contribution in [0.3, 0.4) is 0 Å². The summed E-state index contributed by atoms with van der Waals surface area (Å²) >= 11 is 1.54. The maximum atomic E-state index is 12.8. The monoisotopic (exact) mass is 310 g/mol. The molecule has 2 rings (SSSR count). The molecule has 2 aromatic rings. The van der Waals surface area contributed by atoms with Crippen LogP contribution >= 0.6 is 11.3 Å². The summed E-state index contributed by atoms with van der Waals surface area (Å²) in [5, 5.41) is 11.9. The Morgan fingerprint density at radius 3 is 2.76 bits per heavy atom. The van der Waals surface area contributed by atoms with E-state index in [1.165, 1.54) is 12.1 Å². The van der Waals surface area contributed by atoms with Crippen molar-refractivity contribution in [1.29, 1.82) is 0 Å². The highest BCUT2D eigenvalue weighted by molar-refractivity contribution is 7.09. The van der Waals surface area contributed by atoms with Crippen LogP contribution in [-0.2, 0) is 13.2 Å². The number of thiazole rings is 1. The van der Waals surface area contributed by atoms with Gasteiger partial charge < -0.3 is 9.84 Å². The van der Waals surface area contributed by atoms with E-state index in [0.29, 0.717) is 18.9 Å². The molecule has 1 heterocycles. The van der Waals surface area contributed by atoms with Gasteiger partial charge in [0.1, 0.15) is 23.2 Å². The molecule has 0 saturated carbocycles. The molecule has 0 unspecified atom stereocenters. The van der Waals surface area contributed by atoms with Gasteiger partial charge in [-0.05, 0) is 30.8 Å². The summed E-state index contributed by atoms with van der Waals surface area (Å²) in [7, 11) is 0. The van der Waals surface area contributed by atoms with Crippen LogP contribution in [0.15, 0.2) is 29.6 Å². The van der Waals surface area contributed by atoms with E-state index >= 15 is 0 Å². The molecule has 0 aliphatic rings. The molecule has 0 spiro atoms. The van der Waals surface area contributed by atoms with Gasteiger partial charge in [0.15, 0.2) is 0 Å². The Balaban J connectivity index is 1.86. The third kappa shape index (κ3) is 5.08. The first-order chi connectivity index (χ1) is 10.2. The maximum Gasteiger partial charge on any atom is 0.140 e. The van der Waals surface area contributed by atoms with E-state index in [2.05, 4.69) is 16.8 Å². The number of nitrogens with zero attached hydrogens (tertiary/aromatic N) is 2. The molecule has 0 aliphatic heterocycles.